The highest BCUT2D eigenvalue weighted by Gasteiger charge is 2.16. The van der Waals surface area contributed by atoms with Gasteiger partial charge in [0, 0.05) is 29.8 Å². The summed E-state index contributed by atoms with van der Waals surface area (Å²) in [7, 11) is 0. The molecular weight excluding hydrogens is 244 g/mol. The van der Waals surface area contributed by atoms with Gasteiger partial charge in [0.2, 0.25) is 0 Å². The third kappa shape index (κ3) is 6.33. The molecule has 1 N–H and O–H groups in total. The predicted octanol–water partition coefficient (Wildman–Crippen LogP) is 4.76. The summed E-state index contributed by atoms with van der Waals surface area (Å²) in [5, 5.41) is 1.92. The Bertz CT molecular complexity index is 408. The minimum Gasteiger partial charge on any atom is -0.258 e. The number of terminal acetylenes is 1. The number of hydrogen-bond donors (Lipinski definition) is 1. The van der Waals surface area contributed by atoms with Crippen molar-refractivity contribution < 1.29 is 0 Å². The first-order chi connectivity index (χ1) is 9.62. The second-order valence-corrected chi connectivity index (χ2v) is 4.66. The number of nitrogens with one attached hydrogen (secondary N) is 1. The lowest BCUT2D eigenvalue weighted by molar-refractivity contribution is 0.324. The second kappa shape index (κ2) is 11.0. The van der Waals surface area contributed by atoms with Gasteiger partial charge in [-0.25, -0.2) is 0 Å². The fraction of sp³-hybridized carbons (Fsp3) is 0.444. The van der Waals surface area contributed by atoms with Crippen molar-refractivity contribution in [3.8, 4) is 12.5 Å². The Balaban J connectivity index is 4.98. The summed E-state index contributed by atoms with van der Waals surface area (Å²) >= 11 is 0. The quantitative estimate of drug-likeness (QED) is 0.282. The SMILES string of the molecule is C#CNN(C(=C)C/C=C\CC)/C(=C\C)C(C)C/C=C\C. The lowest BCUT2D eigenvalue weighted by atomic mass is 10.0. The van der Waals surface area contributed by atoms with Gasteiger partial charge in [0.15, 0.2) is 0 Å². The monoisotopic (exact) mass is 272 g/mol. The lowest BCUT2D eigenvalue weighted by Crippen LogP contribution is -2.35. The number of allylic oxidation sites excluding steroid dienone is 6. The summed E-state index contributed by atoms with van der Waals surface area (Å²) in [6.07, 6.45) is 18.8. The van der Waals surface area contributed by atoms with E-state index in [2.05, 4.69) is 62.3 Å². The van der Waals surface area contributed by atoms with Crippen LogP contribution >= 0.6 is 0 Å². The van der Waals surface area contributed by atoms with E-state index in [1.807, 2.05) is 18.9 Å². The van der Waals surface area contributed by atoms with E-state index >= 15 is 0 Å². The minimum atomic E-state index is 0.379. The van der Waals surface area contributed by atoms with Gasteiger partial charge < -0.3 is 0 Å². The van der Waals surface area contributed by atoms with E-state index in [4.69, 9.17) is 6.42 Å². The molecule has 2 nitrogen and oxygen atoms in total. The van der Waals surface area contributed by atoms with Crippen LogP contribution in [0.3, 0.4) is 0 Å². The molecule has 0 aliphatic carbocycles. The zero-order valence-corrected chi connectivity index (χ0v) is 13.3. The Labute approximate surface area is 124 Å². The van der Waals surface area contributed by atoms with E-state index in [0.29, 0.717) is 5.92 Å². The van der Waals surface area contributed by atoms with Crippen molar-refractivity contribution >= 4 is 0 Å². The number of rotatable bonds is 9. The Hall–Kier alpha value is -1.88. The molecule has 0 aromatic rings. The molecule has 0 rings (SSSR count). The summed E-state index contributed by atoms with van der Waals surface area (Å²) < 4.78 is 0. The molecule has 0 amide bonds. The first-order valence-corrected chi connectivity index (χ1v) is 7.23. The predicted molar refractivity (Wildman–Crippen MR) is 89.3 cm³/mol. The second-order valence-electron chi connectivity index (χ2n) is 4.66. The minimum absolute atomic E-state index is 0.379. The van der Waals surface area contributed by atoms with Crippen molar-refractivity contribution in [1.29, 1.82) is 0 Å². The van der Waals surface area contributed by atoms with Crippen LogP contribution in [-0.2, 0) is 0 Å². The van der Waals surface area contributed by atoms with Crippen LogP contribution in [-0.4, -0.2) is 5.01 Å². The average Bonchev–Trinajstić information content (AvgIpc) is 2.45. The van der Waals surface area contributed by atoms with Crippen LogP contribution in [0.25, 0.3) is 0 Å². The summed E-state index contributed by atoms with van der Waals surface area (Å²) in [4.78, 5) is 0. The van der Waals surface area contributed by atoms with Crippen molar-refractivity contribution in [3.05, 3.63) is 48.4 Å². The van der Waals surface area contributed by atoms with Crippen LogP contribution in [0.2, 0.25) is 0 Å². The molecule has 1 unspecified atom stereocenters. The number of nitrogens with zero attached hydrogens (tertiary/aromatic N) is 1. The van der Waals surface area contributed by atoms with Gasteiger partial charge in [-0.05, 0) is 26.7 Å². The van der Waals surface area contributed by atoms with E-state index in [-0.39, 0.29) is 0 Å². The van der Waals surface area contributed by atoms with E-state index < -0.39 is 0 Å². The van der Waals surface area contributed by atoms with E-state index in [0.717, 1.165) is 30.7 Å². The molecule has 0 radical (unpaired) electrons. The van der Waals surface area contributed by atoms with Crippen molar-refractivity contribution in [2.75, 3.05) is 0 Å². The van der Waals surface area contributed by atoms with Gasteiger partial charge in [0.25, 0.3) is 0 Å². The summed E-state index contributed by atoms with van der Waals surface area (Å²) in [5.41, 5.74) is 5.05. The van der Waals surface area contributed by atoms with Crippen molar-refractivity contribution in [3.63, 3.8) is 0 Å². The molecular formula is C18H28N2. The zero-order valence-electron chi connectivity index (χ0n) is 13.3. The van der Waals surface area contributed by atoms with Gasteiger partial charge in [-0.2, -0.15) is 0 Å². The lowest BCUT2D eigenvalue weighted by Gasteiger charge is -2.30. The Morgan fingerprint density at radius 1 is 1.35 bits per heavy atom. The summed E-state index contributed by atoms with van der Waals surface area (Å²) in [5.74, 6) is 0.379. The van der Waals surface area contributed by atoms with E-state index in [9.17, 15) is 0 Å². The van der Waals surface area contributed by atoms with Crippen LogP contribution in [0, 0.1) is 18.4 Å². The first kappa shape index (κ1) is 18.1. The molecule has 2 heteroatoms. The Morgan fingerprint density at radius 3 is 2.55 bits per heavy atom. The van der Waals surface area contributed by atoms with Gasteiger partial charge in [-0.15, -0.1) is 0 Å². The number of hydrogen-bond acceptors (Lipinski definition) is 2. The zero-order chi connectivity index (χ0) is 15.4. The van der Waals surface area contributed by atoms with Crippen molar-refractivity contribution in [1.82, 2.24) is 10.4 Å². The molecule has 0 saturated carbocycles. The maximum absolute atomic E-state index is 5.41. The topological polar surface area (TPSA) is 15.3 Å². The van der Waals surface area contributed by atoms with Gasteiger partial charge in [0.1, 0.15) is 0 Å². The standard InChI is InChI=1S/C18H28N2/c1-7-11-13-15-17(6)20(19-10-4)18(9-3)16(5)14-12-8-2/h4,8-9,11-13,16,19H,6-7,14-15H2,1-3,5H3/b12-8-,13-11-,18-9-. The average molecular weight is 272 g/mol. The smallest absolute Gasteiger partial charge is 0.0396 e. The molecule has 0 aromatic heterocycles. The third-order valence-corrected chi connectivity index (χ3v) is 3.03. The normalized spacial score (nSPS) is 13.4. The largest absolute Gasteiger partial charge is 0.258 e. The van der Waals surface area contributed by atoms with Gasteiger partial charge >= 0.3 is 0 Å². The maximum atomic E-state index is 5.41. The summed E-state index contributed by atoms with van der Waals surface area (Å²) in [6, 6.07) is 2.50. The fourth-order valence-electron chi connectivity index (χ4n) is 1.96. The first-order valence-electron chi connectivity index (χ1n) is 7.23. The van der Waals surface area contributed by atoms with Crippen molar-refractivity contribution in [2.45, 2.75) is 47.0 Å². The van der Waals surface area contributed by atoms with Crippen LogP contribution in [0.5, 0.6) is 0 Å². The molecule has 1 atom stereocenters. The fourth-order valence-corrected chi connectivity index (χ4v) is 1.96. The molecule has 20 heavy (non-hydrogen) atoms. The van der Waals surface area contributed by atoms with E-state index in [1.54, 1.807) is 0 Å². The van der Waals surface area contributed by atoms with Crippen LogP contribution in [0.15, 0.2) is 48.4 Å². The molecule has 0 fully saturated rings. The van der Waals surface area contributed by atoms with Gasteiger partial charge in [-0.1, -0.05) is 57.2 Å². The molecule has 0 saturated heterocycles. The van der Waals surface area contributed by atoms with Crippen molar-refractivity contribution in [2.24, 2.45) is 5.92 Å². The maximum Gasteiger partial charge on any atom is 0.0396 e. The van der Waals surface area contributed by atoms with E-state index in [1.165, 1.54) is 0 Å². The highest BCUT2D eigenvalue weighted by molar-refractivity contribution is 5.15. The molecule has 110 valence electrons. The molecule has 0 heterocycles. The molecule has 0 aromatic carbocycles. The molecule has 0 aliphatic rings. The van der Waals surface area contributed by atoms with Gasteiger partial charge in [0.05, 0.1) is 0 Å². The third-order valence-electron chi connectivity index (χ3n) is 3.03. The number of hydrazine groups is 1. The van der Waals surface area contributed by atoms with Crippen LogP contribution < -0.4 is 5.43 Å². The Morgan fingerprint density at radius 2 is 2.05 bits per heavy atom. The molecule has 0 spiro atoms. The highest BCUT2D eigenvalue weighted by Crippen LogP contribution is 2.22. The van der Waals surface area contributed by atoms with Gasteiger partial charge in [-0.3, -0.25) is 10.4 Å². The summed E-state index contributed by atoms with van der Waals surface area (Å²) in [6.45, 7) is 12.5. The molecule has 0 aliphatic heterocycles. The van der Waals surface area contributed by atoms with Crippen LogP contribution in [0.1, 0.15) is 47.0 Å². The van der Waals surface area contributed by atoms with Crippen LogP contribution in [0.4, 0.5) is 0 Å². The molecule has 0 bridgehead atoms. The Kier molecular flexibility index (Phi) is 9.96. The highest BCUT2D eigenvalue weighted by atomic mass is 15.5.